The number of para-hydroxylation sites is 1. The van der Waals surface area contributed by atoms with Gasteiger partial charge in [-0.2, -0.15) is 0 Å². The molecule has 1 amide bonds. The first-order valence-corrected chi connectivity index (χ1v) is 6.98. The van der Waals surface area contributed by atoms with E-state index in [1.54, 1.807) is 37.3 Å². The molecule has 0 saturated heterocycles. The maximum atomic E-state index is 11.7. The van der Waals surface area contributed by atoms with E-state index in [-0.39, 0.29) is 5.91 Å². The van der Waals surface area contributed by atoms with Gasteiger partial charge in [0.05, 0.1) is 18.4 Å². The molecule has 0 aliphatic rings. The molecule has 0 aromatic heterocycles. The van der Waals surface area contributed by atoms with Crippen LogP contribution in [-0.2, 0) is 9.53 Å². The Kier molecular flexibility index (Phi) is 5.14. The lowest BCUT2D eigenvalue weighted by atomic mass is 10.1. The number of amides is 1. The molecule has 0 saturated carbocycles. The van der Waals surface area contributed by atoms with E-state index in [1.807, 2.05) is 18.2 Å². The van der Waals surface area contributed by atoms with Crippen LogP contribution in [0.25, 0.3) is 0 Å². The number of hydrogen-bond acceptors (Lipinski definition) is 4. The topological polar surface area (TPSA) is 67.4 Å². The summed E-state index contributed by atoms with van der Waals surface area (Å²) in [4.78, 5) is 23.1. The second kappa shape index (κ2) is 7.26. The fraction of sp³-hybridized carbons (Fsp3) is 0.176. The Bertz CT molecular complexity index is 666. The summed E-state index contributed by atoms with van der Waals surface area (Å²) in [5.74, 6) is -0.424. The van der Waals surface area contributed by atoms with Crippen LogP contribution in [0, 0.1) is 0 Å². The maximum absolute atomic E-state index is 11.7. The van der Waals surface area contributed by atoms with Crippen molar-refractivity contribution in [2.45, 2.75) is 13.3 Å². The third kappa shape index (κ3) is 3.85. The van der Waals surface area contributed by atoms with Gasteiger partial charge >= 0.3 is 5.97 Å². The normalized spacial score (nSPS) is 9.91. The van der Waals surface area contributed by atoms with E-state index in [0.717, 1.165) is 11.4 Å². The molecule has 2 aromatic carbocycles. The minimum absolute atomic E-state index is 0.0308. The second-order valence-electron chi connectivity index (χ2n) is 4.64. The fourth-order valence-corrected chi connectivity index (χ4v) is 1.92. The highest BCUT2D eigenvalue weighted by Gasteiger charge is 2.10. The molecule has 0 unspecified atom stereocenters. The van der Waals surface area contributed by atoms with E-state index in [2.05, 4.69) is 10.6 Å². The van der Waals surface area contributed by atoms with E-state index >= 15 is 0 Å². The van der Waals surface area contributed by atoms with Crippen molar-refractivity contribution in [1.82, 2.24) is 0 Å². The number of hydrogen-bond donors (Lipinski definition) is 2. The number of anilines is 3. The van der Waals surface area contributed by atoms with Crippen LogP contribution in [0.3, 0.4) is 0 Å². The number of nitrogens with one attached hydrogen (secondary N) is 2. The summed E-state index contributed by atoms with van der Waals surface area (Å²) in [7, 11) is 1.35. The van der Waals surface area contributed by atoms with Gasteiger partial charge in [-0.25, -0.2) is 4.79 Å². The Morgan fingerprint density at radius 2 is 1.64 bits per heavy atom. The predicted molar refractivity (Wildman–Crippen MR) is 86.4 cm³/mol. The first-order chi connectivity index (χ1) is 10.6. The third-order valence-corrected chi connectivity index (χ3v) is 3.10. The van der Waals surface area contributed by atoms with Crippen LogP contribution in [0.1, 0.15) is 23.7 Å². The number of benzene rings is 2. The number of carbonyl (C=O) groups is 2. The molecule has 2 rings (SSSR count). The first kappa shape index (κ1) is 15.6. The zero-order chi connectivity index (χ0) is 15.9. The molecular weight excluding hydrogens is 280 g/mol. The Morgan fingerprint density at radius 1 is 1.00 bits per heavy atom. The molecule has 22 heavy (non-hydrogen) atoms. The summed E-state index contributed by atoms with van der Waals surface area (Å²) in [5, 5.41) is 5.95. The Hall–Kier alpha value is -2.82. The lowest BCUT2D eigenvalue weighted by Gasteiger charge is -2.11. The van der Waals surface area contributed by atoms with Gasteiger partial charge in [-0.1, -0.05) is 19.1 Å². The summed E-state index contributed by atoms with van der Waals surface area (Å²) in [5.41, 5.74) is 2.68. The summed E-state index contributed by atoms with van der Waals surface area (Å²) < 4.78 is 4.76. The number of carbonyl (C=O) groups excluding carboxylic acids is 2. The molecule has 2 N–H and O–H groups in total. The van der Waals surface area contributed by atoms with E-state index < -0.39 is 5.97 Å². The van der Waals surface area contributed by atoms with Crippen LogP contribution in [0.4, 0.5) is 17.1 Å². The van der Waals surface area contributed by atoms with Crippen molar-refractivity contribution in [3.63, 3.8) is 0 Å². The van der Waals surface area contributed by atoms with Crippen LogP contribution >= 0.6 is 0 Å². The summed E-state index contributed by atoms with van der Waals surface area (Å²) in [6.45, 7) is 1.80. The Balaban J connectivity index is 2.14. The van der Waals surface area contributed by atoms with Gasteiger partial charge in [0.15, 0.2) is 0 Å². The van der Waals surface area contributed by atoms with Gasteiger partial charge in [-0.3, -0.25) is 4.79 Å². The highest BCUT2D eigenvalue weighted by atomic mass is 16.5. The lowest BCUT2D eigenvalue weighted by Crippen LogP contribution is -2.09. The standard InChI is InChI=1S/C17H18N2O3/c1-3-16(20)19-13-10-8-12(9-11-13)18-15-7-5-4-6-14(15)17(21)22-2/h4-11,18H,3H2,1-2H3,(H,19,20). The van der Waals surface area contributed by atoms with Gasteiger partial charge in [-0.05, 0) is 36.4 Å². The average molecular weight is 298 g/mol. The monoisotopic (exact) mass is 298 g/mol. The van der Waals surface area contributed by atoms with Crippen LogP contribution < -0.4 is 10.6 Å². The minimum Gasteiger partial charge on any atom is -0.465 e. The fourth-order valence-electron chi connectivity index (χ4n) is 1.92. The third-order valence-electron chi connectivity index (χ3n) is 3.10. The van der Waals surface area contributed by atoms with E-state index in [1.165, 1.54) is 7.11 Å². The van der Waals surface area contributed by atoms with Gasteiger partial charge in [0.2, 0.25) is 5.91 Å². The zero-order valence-corrected chi connectivity index (χ0v) is 12.6. The van der Waals surface area contributed by atoms with Crippen LogP contribution in [0.15, 0.2) is 48.5 Å². The molecule has 0 fully saturated rings. The van der Waals surface area contributed by atoms with Gasteiger partial charge in [-0.15, -0.1) is 0 Å². The largest absolute Gasteiger partial charge is 0.465 e. The van der Waals surface area contributed by atoms with Gasteiger partial charge in [0.1, 0.15) is 0 Å². The number of rotatable bonds is 5. The predicted octanol–water partition coefficient (Wildman–Crippen LogP) is 3.57. The van der Waals surface area contributed by atoms with Gasteiger partial charge in [0.25, 0.3) is 0 Å². The quantitative estimate of drug-likeness (QED) is 0.828. The molecule has 5 heteroatoms. The second-order valence-corrected chi connectivity index (χ2v) is 4.64. The SMILES string of the molecule is CCC(=O)Nc1ccc(Nc2ccccc2C(=O)OC)cc1. The number of ether oxygens (including phenoxy) is 1. The van der Waals surface area contributed by atoms with Crippen molar-refractivity contribution in [3.8, 4) is 0 Å². The number of esters is 1. The molecular formula is C17H18N2O3. The van der Waals surface area contributed by atoms with Crippen molar-refractivity contribution in [3.05, 3.63) is 54.1 Å². The van der Waals surface area contributed by atoms with Crippen LogP contribution in [-0.4, -0.2) is 19.0 Å². The molecule has 5 nitrogen and oxygen atoms in total. The molecule has 2 aromatic rings. The molecule has 0 spiro atoms. The molecule has 0 radical (unpaired) electrons. The first-order valence-electron chi connectivity index (χ1n) is 6.98. The minimum atomic E-state index is -0.394. The van der Waals surface area contributed by atoms with Gasteiger partial charge < -0.3 is 15.4 Å². The molecule has 0 aliphatic carbocycles. The molecule has 0 aliphatic heterocycles. The van der Waals surface area contributed by atoms with Crippen molar-refractivity contribution in [2.24, 2.45) is 0 Å². The summed E-state index contributed by atoms with van der Waals surface area (Å²) in [6.07, 6.45) is 0.437. The van der Waals surface area contributed by atoms with Crippen molar-refractivity contribution < 1.29 is 14.3 Å². The van der Waals surface area contributed by atoms with Crippen LogP contribution in [0.5, 0.6) is 0 Å². The molecule has 114 valence electrons. The highest BCUT2D eigenvalue weighted by molar-refractivity contribution is 5.96. The van der Waals surface area contributed by atoms with E-state index in [4.69, 9.17) is 4.74 Å². The summed E-state index contributed by atoms with van der Waals surface area (Å²) in [6, 6.07) is 14.4. The zero-order valence-electron chi connectivity index (χ0n) is 12.6. The molecule has 0 atom stereocenters. The molecule has 0 bridgehead atoms. The molecule has 0 heterocycles. The highest BCUT2D eigenvalue weighted by Crippen LogP contribution is 2.22. The van der Waals surface area contributed by atoms with Crippen molar-refractivity contribution in [2.75, 3.05) is 17.7 Å². The van der Waals surface area contributed by atoms with Crippen LogP contribution in [0.2, 0.25) is 0 Å². The van der Waals surface area contributed by atoms with Crippen molar-refractivity contribution in [1.29, 1.82) is 0 Å². The number of methoxy groups -OCH3 is 1. The maximum Gasteiger partial charge on any atom is 0.339 e. The van der Waals surface area contributed by atoms with E-state index in [0.29, 0.717) is 17.7 Å². The van der Waals surface area contributed by atoms with E-state index in [9.17, 15) is 9.59 Å². The lowest BCUT2D eigenvalue weighted by molar-refractivity contribution is -0.115. The van der Waals surface area contributed by atoms with Crippen molar-refractivity contribution >= 4 is 28.9 Å². The average Bonchev–Trinajstić information content (AvgIpc) is 2.56. The Labute approximate surface area is 129 Å². The van der Waals surface area contributed by atoms with Gasteiger partial charge in [0, 0.05) is 17.8 Å². The summed E-state index contributed by atoms with van der Waals surface area (Å²) >= 11 is 0. The smallest absolute Gasteiger partial charge is 0.339 e. The Morgan fingerprint density at radius 3 is 2.27 bits per heavy atom.